The van der Waals surface area contributed by atoms with Crippen LogP contribution in [-0.2, 0) is 26.8 Å². The van der Waals surface area contributed by atoms with E-state index < -0.39 is 58.5 Å². The van der Waals surface area contributed by atoms with Crippen molar-refractivity contribution in [3.8, 4) is 11.9 Å². The van der Waals surface area contributed by atoms with Crippen molar-refractivity contribution in [2.45, 2.75) is 30.2 Å². The first-order valence-electron chi connectivity index (χ1n) is 7.90. The van der Waals surface area contributed by atoms with Gasteiger partial charge in [0.1, 0.15) is 27.1 Å². The Morgan fingerprint density at radius 2 is 1.70 bits per heavy atom. The number of aromatic hydroxyl groups is 1. The average molecular weight is 457 g/mol. The Hall–Kier alpha value is -3.32. The van der Waals surface area contributed by atoms with E-state index in [0.29, 0.717) is 12.1 Å². The predicted octanol–water partition coefficient (Wildman–Crippen LogP) is 1.24. The fourth-order valence-electron chi connectivity index (χ4n) is 2.53. The smallest absolute Gasteiger partial charge is 0.296 e. The zero-order valence-corrected chi connectivity index (χ0v) is 17.1. The van der Waals surface area contributed by atoms with Crippen molar-refractivity contribution >= 4 is 37.3 Å². The van der Waals surface area contributed by atoms with Crippen LogP contribution in [0.25, 0.3) is 0 Å². The quantitative estimate of drug-likeness (QED) is 0.285. The van der Waals surface area contributed by atoms with Crippen LogP contribution in [0.4, 0.5) is 17.1 Å². The van der Waals surface area contributed by atoms with E-state index in [1.54, 1.807) is 6.07 Å². The highest BCUT2D eigenvalue weighted by Gasteiger charge is 2.24. The van der Waals surface area contributed by atoms with E-state index in [0.717, 1.165) is 4.57 Å². The van der Waals surface area contributed by atoms with Crippen molar-refractivity contribution in [1.82, 2.24) is 4.57 Å². The van der Waals surface area contributed by atoms with Gasteiger partial charge in [-0.3, -0.25) is 18.5 Å². The Bertz CT molecular complexity index is 1390. The second kappa shape index (κ2) is 7.84. The molecule has 0 fully saturated rings. The van der Waals surface area contributed by atoms with Crippen molar-refractivity contribution in [1.29, 1.82) is 5.26 Å². The third-order valence-electron chi connectivity index (χ3n) is 3.99. The van der Waals surface area contributed by atoms with Gasteiger partial charge in [0.15, 0.2) is 5.69 Å². The van der Waals surface area contributed by atoms with Crippen molar-refractivity contribution < 1.29 is 31.0 Å². The number of nitriles is 1. The molecule has 0 aliphatic heterocycles. The number of anilines is 1. The summed E-state index contributed by atoms with van der Waals surface area (Å²) in [6, 6.07) is 2.78. The number of pyridine rings is 1. The molecule has 0 amide bonds. The fourth-order valence-corrected chi connectivity index (χ4v) is 3.78. The molecule has 0 aliphatic rings. The van der Waals surface area contributed by atoms with Crippen LogP contribution in [0.1, 0.15) is 18.1 Å². The van der Waals surface area contributed by atoms with Crippen LogP contribution in [0.3, 0.4) is 0 Å². The Morgan fingerprint density at radius 1 is 1.13 bits per heavy atom. The molecular formula is C15H15N5O8S2. The molecule has 160 valence electrons. The van der Waals surface area contributed by atoms with Crippen molar-refractivity contribution in [2.24, 2.45) is 10.2 Å². The lowest BCUT2D eigenvalue weighted by molar-refractivity contribution is 0.409. The second-order valence-corrected chi connectivity index (χ2v) is 8.62. The second-order valence-electron chi connectivity index (χ2n) is 5.84. The standard InChI is InChI=1S/C15H15N5O8S2/c1-3-20-14(21)8(6-16)7(2)13(15(20)22)19-18-10-5-11(29(23,24)25)9(17)4-12(10)30(26,27)28/h4-5,21H,3,17H2,1-2H3,(H,23,24,25)(H,26,27,28). The van der Waals surface area contributed by atoms with Gasteiger partial charge in [-0.2, -0.15) is 22.1 Å². The molecule has 0 aliphatic carbocycles. The highest BCUT2D eigenvalue weighted by molar-refractivity contribution is 7.86. The monoisotopic (exact) mass is 457 g/mol. The van der Waals surface area contributed by atoms with Crippen LogP contribution >= 0.6 is 0 Å². The first-order chi connectivity index (χ1) is 13.7. The predicted molar refractivity (Wildman–Crippen MR) is 102 cm³/mol. The molecule has 15 heteroatoms. The van der Waals surface area contributed by atoms with Gasteiger partial charge in [0.05, 0.1) is 5.69 Å². The third kappa shape index (κ3) is 4.16. The molecule has 0 unspecified atom stereocenters. The van der Waals surface area contributed by atoms with Gasteiger partial charge in [-0.15, -0.1) is 10.2 Å². The Balaban J connectivity index is 2.87. The maximum absolute atomic E-state index is 12.5. The summed E-state index contributed by atoms with van der Waals surface area (Å²) >= 11 is 0. The number of benzene rings is 1. The van der Waals surface area contributed by atoms with E-state index in [9.17, 15) is 41.1 Å². The molecule has 1 aromatic carbocycles. The summed E-state index contributed by atoms with van der Waals surface area (Å²) < 4.78 is 65.5. The van der Waals surface area contributed by atoms with Gasteiger partial charge in [0.25, 0.3) is 25.8 Å². The normalized spacial score (nSPS) is 12.2. The molecular weight excluding hydrogens is 442 g/mol. The summed E-state index contributed by atoms with van der Waals surface area (Å²) in [5.41, 5.74) is 2.30. The van der Waals surface area contributed by atoms with Crippen LogP contribution in [0, 0.1) is 18.3 Å². The number of nitrogen functional groups attached to an aromatic ring is 1. The van der Waals surface area contributed by atoms with E-state index >= 15 is 0 Å². The highest BCUT2D eigenvalue weighted by Crippen LogP contribution is 2.34. The summed E-state index contributed by atoms with van der Waals surface area (Å²) in [4.78, 5) is 10.7. The van der Waals surface area contributed by atoms with E-state index in [1.165, 1.54) is 13.8 Å². The fraction of sp³-hybridized carbons (Fsp3) is 0.200. The molecule has 2 rings (SSSR count). The Morgan fingerprint density at radius 3 is 2.17 bits per heavy atom. The van der Waals surface area contributed by atoms with Crippen LogP contribution in [0.2, 0.25) is 0 Å². The molecule has 0 bridgehead atoms. The van der Waals surface area contributed by atoms with Gasteiger partial charge in [0.2, 0.25) is 5.88 Å². The van der Waals surface area contributed by atoms with Gasteiger partial charge >= 0.3 is 0 Å². The number of rotatable bonds is 5. The molecule has 0 saturated heterocycles. The molecule has 0 saturated carbocycles. The third-order valence-corrected chi connectivity index (χ3v) is 5.78. The molecule has 0 spiro atoms. The lowest BCUT2D eigenvalue weighted by Gasteiger charge is -2.11. The maximum Gasteiger partial charge on any atom is 0.296 e. The number of azo groups is 1. The van der Waals surface area contributed by atoms with E-state index in [-0.39, 0.29) is 17.7 Å². The van der Waals surface area contributed by atoms with Crippen LogP contribution in [0.5, 0.6) is 5.88 Å². The molecule has 1 aromatic heterocycles. The maximum atomic E-state index is 12.5. The first-order valence-corrected chi connectivity index (χ1v) is 10.8. The van der Waals surface area contributed by atoms with E-state index in [4.69, 9.17) is 5.73 Å². The zero-order valence-electron chi connectivity index (χ0n) is 15.4. The van der Waals surface area contributed by atoms with Gasteiger partial charge in [-0.25, -0.2) is 0 Å². The lowest BCUT2D eigenvalue weighted by Crippen LogP contribution is -2.20. The Kier molecular flexibility index (Phi) is 6.00. The van der Waals surface area contributed by atoms with Crippen LogP contribution in [0.15, 0.2) is 36.9 Å². The number of nitrogens with zero attached hydrogens (tertiary/aromatic N) is 4. The Labute approximate surface area is 170 Å². The molecule has 0 atom stereocenters. The van der Waals surface area contributed by atoms with Crippen LogP contribution in [-0.4, -0.2) is 35.6 Å². The molecule has 0 radical (unpaired) electrons. The first kappa shape index (κ1) is 23.0. The van der Waals surface area contributed by atoms with Gasteiger partial charge in [-0.1, -0.05) is 0 Å². The zero-order chi connectivity index (χ0) is 23.0. The SMILES string of the molecule is CCn1c(O)c(C#N)c(C)c(N=Nc2cc(S(=O)(=O)O)c(N)cc2S(=O)(=O)O)c1=O. The minimum Gasteiger partial charge on any atom is -0.493 e. The largest absolute Gasteiger partial charge is 0.493 e. The minimum atomic E-state index is -4.96. The number of aromatic nitrogens is 1. The molecule has 2 aromatic rings. The van der Waals surface area contributed by atoms with E-state index in [1.807, 2.05) is 0 Å². The molecule has 5 N–H and O–H groups in total. The van der Waals surface area contributed by atoms with Crippen LogP contribution < -0.4 is 11.3 Å². The van der Waals surface area contributed by atoms with Gasteiger partial charge in [-0.05, 0) is 26.0 Å². The average Bonchev–Trinajstić information content (AvgIpc) is 2.61. The number of nitrogens with two attached hydrogens (primary N) is 1. The summed E-state index contributed by atoms with van der Waals surface area (Å²) in [6.45, 7) is 2.75. The highest BCUT2D eigenvalue weighted by atomic mass is 32.2. The number of hydrogen-bond acceptors (Lipinski definition) is 10. The number of hydrogen-bond donors (Lipinski definition) is 4. The lowest BCUT2D eigenvalue weighted by atomic mass is 10.1. The van der Waals surface area contributed by atoms with Gasteiger partial charge in [0, 0.05) is 12.1 Å². The van der Waals surface area contributed by atoms with Crippen molar-refractivity contribution in [2.75, 3.05) is 5.73 Å². The van der Waals surface area contributed by atoms with Crippen molar-refractivity contribution in [3.63, 3.8) is 0 Å². The van der Waals surface area contributed by atoms with Gasteiger partial charge < -0.3 is 10.8 Å². The minimum absolute atomic E-state index is 0.0345. The summed E-state index contributed by atoms with van der Waals surface area (Å²) in [7, 11) is -9.85. The summed E-state index contributed by atoms with van der Waals surface area (Å²) in [5, 5.41) is 26.3. The van der Waals surface area contributed by atoms with E-state index in [2.05, 4.69) is 10.2 Å². The summed E-state index contributed by atoms with van der Waals surface area (Å²) in [5.74, 6) is -0.596. The molecule has 1 heterocycles. The molecule has 30 heavy (non-hydrogen) atoms. The molecule has 13 nitrogen and oxygen atoms in total. The summed E-state index contributed by atoms with van der Waals surface area (Å²) in [6.07, 6.45) is 0. The van der Waals surface area contributed by atoms with Crippen molar-refractivity contribution in [3.05, 3.63) is 33.6 Å². The topological polar surface area (TPSA) is 225 Å².